The van der Waals surface area contributed by atoms with Crippen molar-refractivity contribution in [2.24, 2.45) is 0 Å². The minimum atomic E-state index is -0.383. The van der Waals surface area contributed by atoms with E-state index in [9.17, 15) is 18.8 Å². The summed E-state index contributed by atoms with van der Waals surface area (Å²) in [6.07, 6.45) is 0. The zero-order chi connectivity index (χ0) is 22.3. The molecule has 1 aliphatic rings. The van der Waals surface area contributed by atoms with E-state index in [1.54, 1.807) is 11.9 Å². The highest BCUT2D eigenvalue weighted by molar-refractivity contribution is 5.85. The van der Waals surface area contributed by atoms with Crippen LogP contribution in [0.15, 0.2) is 24.3 Å². The number of nitrogens with one attached hydrogen (secondary N) is 1. The highest BCUT2D eigenvalue weighted by Gasteiger charge is 2.25. The Morgan fingerprint density at radius 2 is 1.70 bits per heavy atom. The van der Waals surface area contributed by atoms with Crippen LogP contribution in [0.25, 0.3) is 0 Å². The van der Waals surface area contributed by atoms with Crippen molar-refractivity contribution in [1.82, 2.24) is 20.0 Å². The first-order valence-electron chi connectivity index (χ1n) is 9.97. The van der Waals surface area contributed by atoms with Gasteiger partial charge < -0.3 is 19.9 Å². The molecule has 1 N–H and O–H groups in total. The molecule has 1 aromatic carbocycles. The van der Waals surface area contributed by atoms with E-state index in [0.29, 0.717) is 38.5 Å². The molecule has 0 radical (unpaired) electrons. The number of hydrogen-bond donors (Lipinski definition) is 1. The average molecular weight is 423 g/mol. The number of piperazine rings is 1. The summed E-state index contributed by atoms with van der Waals surface area (Å²) in [6.45, 7) is 8.06. The lowest BCUT2D eigenvalue weighted by Crippen LogP contribution is -2.54. The van der Waals surface area contributed by atoms with Gasteiger partial charge in [0.15, 0.2) is 6.61 Å². The lowest BCUT2D eigenvalue weighted by molar-refractivity contribution is -0.141. The second-order valence-corrected chi connectivity index (χ2v) is 8.45. The summed E-state index contributed by atoms with van der Waals surface area (Å²) in [5, 5.41) is 2.93. The number of nitrogens with zero attached hydrogens (tertiary/aromatic N) is 3. The minimum Gasteiger partial charge on any atom is -0.484 e. The topological polar surface area (TPSA) is 82.2 Å². The third kappa shape index (κ3) is 7.98. The van der Waals surface area contributed by atoms with E-state index in [2.05, 4.69) is 5.32 Å². The van der Waals surface area contributed by atoms with Gasteiger partial charge in [-0.3, -0.25) is 19.3 Å². The number of benzene rings is 1. The third-order valence-corrected chi connectivity index (χ3v) is 4.58. The summed E-state index contributed by atoms with van der Waals surface area (Å²) in [6, 6.07) is 5.38. The van der Waals surface area contributed by atoms with Crippen LogP contribution in [0.4, 0.5) is 4.39 Å². The van der Waals surface area contributed by atoms with Crippen LogP contribution < -0.4 is 10.1 Å². The van der Waals surface area contributed by atoms with Crippen LogP contribution in [0.3, 0.4) is 0 Å². The van der Waals surface area contributed by atoms with Crippen molar-refractivity contribution in [3.8, 4) is 5.75 Å². The molecule has 1 saturated heterocycles. The number of ether oxygens (including phenoxy) is 1. The first-order valence-corrected chi connectivity index (χ1v) is 9.97. The van der Waals surface area contributed by atoms with Crippen molar-refractivity contribution >= 4 is 17.7 Å². The van der Waals surface area contributed by atoms with Gasteiger partial charge in [-0.15, -0.1) is 0 Å². The van der Waals surface area contributed by atoms with E-state index in [-0.39, 0.29) is 42.2 Å². The van der Waals surface area contributed by atoms with Gasteiger partial charge in [-0.05, 0) is 45.0 Å². The van der Waals surface area contributed by atoms with Crippen LogP contribution in [-0.2, 0) is 14.4 Å². The van der Waals surface area contributed by atoms with Crippen molar-refractivity contribution in [2.75, 3.05) is 52.9 Å². The number of hydrogen-bond acceptors (Lipinski definition) is 5. The van der Waals surface area contributed by atoms with E-state index >= 15 is 0 Å². The Morgan fingerprint density at radius 3 is 2.27 bits per heavy atom. The summed E-state index contributed by atoms with van der Waals surface area (Å²) in [5.74, 6) is -0.521. The normalized spacial score (nSPS) is 14.9. The largest absolute Gasteiger partial charge is 0.484 e. The van der Waals surface area contributed by atoms with Crippen molar-refractivity contribution in [3.05, 3.63) is 30.1 Å². The number of amides is 3. The molecule has 1 fully saturated rings. The zero-order valence-electron chi connectivity index (χ0n) is 18.1. The van der Waals surface area contributed by atoms with Gasteiger partial charge in [0, 0.05) is 38.8 Å². The van der Waals surface area contributed by atoms with Gasteiger partial charge in [-0.2, -0.15) is 0 Å². The number of carbonyl (C=O) groups excluding carboxylic acids is 3. The molecule has 0 bridgehead atoms. The molecule has 3 amide bonds. The van der Waals surface area contributed by atoms with E-state index in [1.807, 2.05) is 25.7 Å². The minimum absolute atomic E-state index is 0.0336. The standard InChI is InChI=1S/C21H31FN4O4/c1-21(2,3)23-18(27)13-25-9-11-26(12-10-25)19(28)14-24(4)20(29)15-30-17-7-5-16(22)6-8-17/h5-8H,9-15H2,1-4H3,(H,23,27). The molecule has 2 rings (SSSR count). The number of halogens is 1. The van der Waals surface area contributed by atoms with Crippen LogP contribution in [0.1, 0.15) is 20.8 Å². The van der Waals surface area contributed by atoms with E-state index in [0.717, 1.165) is 0 Å². The van der Waals surface area contributed by atoms with Crippen molar-refractivity contribution in [3.63, 3.8) is 0 Å². The Labute approximate surface area is 176 Å². The lowest BCUT2D eigenvalue weighted by atomic mass is 10.1. The molecule has 1 aliphatic heterocycles. The summed E-state index contributed by atoms with van der Waals surface area (Å²) >= 11 is 0. The van der Waals surface area contributed by atoms with Gasteiger partial charge in [0.25, 0.3) is 5.91 Å². The van der Waals surface area contributed by atoms with Crippen LogP contribution in [0, 0.1) is 5.82 Å². The maximum Gasteiger partial charge on any atom is 0.260 e. The molecule has 9 heteroatoms. The molecule has 1 aromatic rings. The average Bonchev–Trinajstić information content (AvgIpc) is 2.66. The Morgan fingerprint density at radius 1 is 1.10 bits per heavy atom. The first kappa shape index (κ1) is 23.6. The molecule has 0 aliphatic carbocycles. The quantitative estimate of drug-likeness (QED) is 0.700. The van der Waals surface area contributed by atoms with E-state index in [1.165, 1.54) is 29.2 Å². The van der Waals surface area contributed by atoms with Gasteiger partial charge in [-0.25, -0.2) is 4.39 Å². The monoisotopic (exact) mass is 422 g/mol. The predicted octanol–water partition coefficient (Wildman–Crippen LogP) is 0.722. The molecule has 0 atom stereocenters. The second-order valence-electron chi connectivity index (χ2n) is 8.45. The molecule has 8 nitrogen and oxygen atoms in total. The molecule has 0 unspecified atom stereocenters. The fraction of sp³-hybridized carbons (Fsp3) is 0.571. The van der Waals surface area contributed by atoms with E-state index < -0.39 is 0 Å². The second kappa shape index (κ2) is 10.4. The fourth-order valence-electron chi connectivity index (χ4n) is 2.99. The first-order chi connectivity index (χ1) is 14.0. The Bertz CT molecular complexity index is 740. The summed E-state index contributed by atoms with van der Waals surface area (Å²) in [4.78, 5) is 41.7. The molecule has 166 valence electrons. The Hall–Kier alpha value is -2.68. The summed E-state index contributed by atoms with van der Waals surface area (Å²) in [5.41, 5.74) is -0.271. The van der Waals surface area contributed by atoms with Gasteiger partial charge in [0.1, 0.15) is 11.6 Å². The predicted molar refractivity (Wildman–Crippen MR) is 110 cm³/mol. The van der Waals surface area contributed by atoms with Gasteiger partial charge >= 0.3 is 0 Å². The Kier molecular flexibility index (Phi) is 8.16. The highest BCUT2D eigenvalue weighted by Crippen LogP contribution is 2.11. The van der Waals surface area contributed by atoms with Crippen LogP contribution in [0.5, 0.6) is 5.75 Å². The van der Waals surface area contributed by atoms with Crippen molar-refractivity contribution < 1.29 is 23.5 Å². The fourth-order valence-corrected chi connectivity index (χ4v) is 2.99. The summed E-state index contributed by atoms with van der Waals surface area (Å²) in [7, 11) is 1.54. The molecule has 0 aromatic heterocycles. The molecule has 30 heavy (non-hydrogen) atoms. The number of likely N-dealkylation sites (N-methyl/N-ethyl adjacent to an activating group) is 1. The van der Waals surface area contributed by atoms with Gasteiger partial charge in [0.2, 0.25) is 11.8 Å². The SMILES string of the molecule is CN(CC(=O)N1CCN(CC(=O)NC(C)(C)C)CC1)C(=O)COc1ccc(F)cc1. The zero-order valence-corrected chi connectivity index (χ0v) is 18.1. The Balaban J connectivity index is 1.71. The number of rotatable bonds is 7. The molecule has 0 spiro atoms. The maximum absolute atomic E-state index is 12.9. The third-order valence-electron chi connectivity index (χ3n) is 4.58. The molecular weight excluding hydrogens is 391 g/mol. The maximum atomic E-state index is 12.9. The van der Waals surface area contributed by atoms with Crippen molar-refractivity contribution in [1.29, 1.82) is 0 Å². The molecular formula is C21H31FN4O4. The summed E-state index contributed by atoms with van der Waals surface area (Å²) < 4.78 is 18.2. The van der Waals surface area contributed by atoms with Gasteiger partial charge in [0.05, 0.1) is 13.1 Å². The molecule has 1 heterocycles. The molecule has 0 saturated carbocycles. The lowest BCUT2D eigenvalue weighted by Gasteiger charge is -2.35. The van der Waals surface area contributed by atoms with Crippen LogP contribution >= 0.6 is 0 Å². The number of carbonyl (C=O) groups is 3. The highest BCUT2D eigenvalue weighted by atomic mass is 19.1. The van der Waals surface area contributed by atoms with Crippen LogP contribution in [-0.4, -0.2) is 90.9 Å². The van der Waals surface area contributed by atoms with E-state index in [4.69, 9.17) is 4.74 Å². The van der Waals surface area contributed by atoms with Crippen LogP contribution in [0.2, 0.25) is 0 Å². The van der Waals surface area contributed by atoms with Gasteiger partial charge in [-0.1, -0.05) is 0 Å². The smallest absolute Gasteiger partial charge is 0.260 e. The van der Waals surface area contributed by atoms with Crippen molar-refractivity contribution in [2.45, 2.75) is 26.3 Å².